The Bertz CT molecular complexity index is 918. The van der Waals surface area contributed by atoms with E-state index in [1.54, 1.807) is 18.2 Å². The number of hydrogen-bond acceptors (Lipinski definition) is 3. The molecule has 3 aromatic rings. The van der Waals surface area contributed by atoms with Crippen molar-refractivity contribution in [3.05, 3.63) is 69.5 Å². The number of hydrogen-bond donors (Lipinski definition) is 1. The lowest BCUT2D eigenvalue weighted by atomic mass is 10.1. The summed E-state index contributed by atoms with van der Waals surface area (Å²) in [7, 11) is 0. The van der Waals surface area contributed by atoms with E-state index in [4.69, 9.17) is 28.3 Å². The van der Waals surface area contributed by atoms with Gasteiger partial charge >= 0.3 is 0 Å². The minimum atomic E-state index is 0.102. The van der Waals surface area contributed by atoms with Crippen LogP contribution in [0.15, 0.2) is 42.5 Å². The van der Waals surface area contributed by atoms with Crippen molar-refractivity contribution in [1.29, 1.82) is 0 Å². The van der Waals surface area contributed by atoms with Gasteiger partial charge in [-0.2, -0.15) is 0 Å². The molecule has 4 nitrogen and oxygen atoms in total. The Balaban J connectivity index is 2.18. The zero-order valence-corrected chi connectivity index (χ0v) is 15.1. The number of nitrogens with zero attached hydrogens (tertiary/aromatic N) is 2. The molecule has 0 fully saturated rings. The molecule has 1 heterocycles. The van der Waals surface area contributed by atoms with Gasteiger partial charge in [0.15, 0.2) is 6.29 Å². The Morgan fingerprint density at radius 2 is 1.88 bits per heavy atom. The molecule has 1 aromatic heterocycles. The van der Waals surface area contributed by atoms with Crippen molar-refractivity contribution >= 4 is 29.5 Å². The number of aldehydes is 1. The second-order valence-electron chi connectivity index (χ2n) is 5.62. The third-order valence-electron chi connectivity index (χ3n) is 4.02. The Morgan fingerprint density at radius 1 is 1.16 bits per heavy atom. The van der Waals surface area contributed by atoms with Gasteiger partial charge in [-0.1, -0.05) is 35.3 Å². The van der Waals surface area contributed by atoms with Crippen LogP contribution in [-0.4, -0.2) is 27.6 Å². The quantitative estimate of drug-likeness (QED) is 0.668. The molecule has 0 saturated heterocycles. The van der Waals surface area contributed by atoms with Gasteiger partial charge in [-0.3, -0.25) is 9.36 Å². The molecule has 0 radical (unpaired) electrons. The fraction of sp³-hybridized carbons (Fsp3) is 0.158. The summed E-state index contributed by atoms with van der Waals surface area (Å²) in [4.78, 5) is 15.8. The van der Waals surface area contributed by atoms with Crippen molar-refractivity contribution in [1.82, 2.24) is 9.55 Å². The zero-order chi connectivity index (χ0) is 18.0. The molecule has 0 aliphatic carbocycles. The van der Waals surface area contributed by atoms with Crippen LogP contribution in [0.25, 0.3) is 17.1 Å². The smallest absolute Gasteiger partial charge is 0.170 e. The molecule has 0 aliphatic rings. The van der Waals surface area contributed by atoms with E-state index in [1.165, 1.54) is 0 Å². The summed E-state index contributed by atoms with van der Waals surface area (Å²) in [6.07, 6.45) is 1.33. The topological polar surface area (TPSA) is 55.1 Å². The second kappa shape index (κ2) is 7.40. The first-order chi connectivity index (χ1) is 12.0. The van der Waals surface area contributed by atoms with Crippen LogP contribution in [-0.2, 0) is 6.42 Å². The third-order valence-corrected chi connectivity index (χ3v) is 4.57. The number of benzene rings is 2. The van der Waals surface area contributed by atoms with E-state index in [1.807, 2.05) is 35.8 Å². The Kier molecular flexibility index (Phi) is 5.23. The highest BCUT2D eigenvalue weighted by molar-refractivity contribution is 6.36. The largest absolute Gasteiger partial charge is 0.396 e. The van der Waals surface area contributed by atoms with Crippen LogP contribution in [0.2, 0.25) is 10.0 Å². The van der Waals surface area contributed by atoms with Crippen molar-refractivity contribution in [2.45, 2.75) is 13.3 Å². The molecule has 0 spiro atoms. The van der Waals surface area contributed by atoms with Gasteiger partial charge in [0.2, 0.25) is 0 Å². The Morgan fingerprint density at radius 3 is 2.48 bits per heavy atom. The maximum Gasteiger partial charge on any atom is 0.170 e. The lowest BCUT2D eigenvalue weighted by Crippen LogP contribution is -2.01. The molecule has 25 heavy (non-hydrogen) atoms. The van der Waals surface area contributed by atoms with Crippen LogP contribution >= 0.6 is 23.2 Å². The number of halogens is 2. The van der Waals surface area contributed by atoms with Crippen molar-refractivity contribution in [3.63, 3.8) is 0 Å². The second-order valence-corrected chi connectivity index (χ2v) is 6.47. The number of imidazole rings is 1. The van der Waals surface area contributed by atoms with E-state index in [0.717, 1.165) is 23.2 Å². The predicted octanol–water partition coefficient (Wildman–Crippen LogP) is 4.50. The van der Waals surface area contributed by atoms with Crippen molar-refractivity contribution in [2.75, 3.05) is 6.61 Å². The minimum Gasteiger partial charge on any atom is -0.396 e. The minimum absolute atomic E-state index is 0.102. The van der Waals surface area contributed by atoms with Crippen LogP contribution in [0.5, 0.6) is 0 Å². The monoisotopic (exact) mass is 374 g/mol. The molecule has 2 aromatic carbocycles. The number of aliphatic hydroxyl groups is 1. The molecule has 128 valence electrons. The van der Waals surface area contributed by atoms with Gasteiger partial charge in [0.25, 0.3) is 0 Å². The van der Waals surface area contributed by atoms with Crippen LogP contribution in [0.1, 0.15) is 21.7 Å². The van der Waals surface area contributed by atoms with Crippen LogP contribution < -0.4 is 0 Å². The van der Waals surface area contributed by atoms with Gasteiger partial charge in [-0.05, 0) is 49.2 Å². The number of aromatic nitrogens is 2. The van der Waals surface area contributed by atoms with E-state index in [-0.39, 0.29) is 6.61 Å². The van der Waals surface area contributed by atoms with Crippen molar-refractivity contribution < 1.29 is 9.90 Å². The van der Waals surface area contributed by atoms with E-state index in [0.29, 0.717) is 33.5 Å². The number of rotatable bonds is 5. The molecule has 1 N–H and O–H groups in total. The fourth-order valence-electron chi connectivity index (χ4n) is 2.74. The summed E-state index contributed by atoms with van der Waals surface area (Å²) < 4.78 is 1.89. The van der Waals surface area contributed by atoms with E-state index in [2.05, 4.69) is 4.98 Å². The molecule has 0 unspecified atom stereocenters. The Labute approximate surface area is 155 Å². The lowest BCUT2D eigenvalue weighted by molar-refractivity contribution is 0.111. The van der Waals surface area contributed by atoms with Gasteiger partial charge in [-0.25, -0.2) is 4.98 Å². The van der Waals surface area contributed by atoms with Gasteiger partial charge in [0.05, 0.1) is 10.7 Å². The third kappa shape index (κ3) is 3.47. The SMILES string of the molecule is Cc1c(C=O)nc(-c2ccc(Cl)cc2Cl)n1-c1ccc(CCO)cc1. The number of aliphatic hydroxyl groups excluding tert-OH is 1. The summed E-state index contributed by atoms with van der Waals surface area (Å²) in [6.45, 7) is 1.94. The van der Waals surface area contributed by atoms with Gasteiger partial charge < -0.3 is 5.11 Å². The predicted molar refractivity (Wildman–Crippen MR) is 99.9 cm³/mol. The highest BCUT2D eigenvalue weighted by Crippen LogP contribution is 2.32. The summed E-state index contributed by atoms with van der Waals surface area (Å²) in [6, 6.07) is 12.9. The molecular formula is C19H16Cl2N2O2. The van der Waals surface area contributed by atoms with E-state index >= 15 is 0 Å². The molecule has 0 atom stereocenters. The summed E-state index contributed by atoms with van der Waals surface area (Å²) in [5.74, 6) is 0.580. The molecule has 0 aliphatic heterocycles. The van der Waals surface area contributed by atoms with E-state index < -0.39 is 0 Å². The molecule has 0 amide bonds. The van der Waals surface area contributed by atoms with E-state index in [9.17, 15) is 4.79 Å². The normalized spacial score (nSPS) is 10.9. The molecule has 0 bridgehead atoms. The summed E-state index contributed by atoms with van der Waals surface area (Å²) >= 11 is 12.3. The molecule has 0 saturated carbocycles. The fourth-order valence-corrected chi connectivity index (χ4v) is 3.23. The maximum absolute atomic E-state index is 11.4. The highest BCUT2D eigenvalue weighted by atomic mass is 35.5. The standard InChI is InChI=1S/C19H16Cl2N2O2/c1-12-18(11-25)22-19(16-7-4-14(20)10-17(16)21)23(12)15-5-2-13(3-6-15)8-9-24/h2-7,10-11,24H,8-9H2,1H3. The molecule has 3 rings (SSSR count). The Hall–Kier alpha value is -2.14. The first-order valence-corrected chi connectivity index (χ1v) is 8.51. The van der Waals surface area contributed by atoms with Crippen molar-refractivity contribution in [3.8, 4) is 17.1 Å². The maximum atomic E-state index is 11.4. The van der Waals surface area contributed by atoms with Crippen LogP contribution in [0, 0.1) is 6.92 Å². The van der Waals surface area contributed by atoms with Crippen molar-refractivity contribution in [2.24, 2.45) is 0 Å². The van der Waals surface area contributed by atoms with Crippen LogP contribution in [0.4, 0.5) is 0 Å². The van der Waals surface area contributed by atoms with Gasteiger partial charge in [0.1, 0.15) is 11.5 Å². The van der Waals surface area contributed by atoms with Crippen LogP contribution in [0.3, 0.4) is 0 Å². The average molecular weight is 375 g/mol. The first kappa shape index (κ1) is 17.7. The van der Waals surface area contributed by atoms with Gasteiger partial charge in [0, 0.05) is 22.9 Å². The first-order valence-electron chi connectivity index (χ1n) is 7.75. The van der Waals surface area contributed by atoms with Gasteiger partial charge in [-0.15, -0.1) is 0 Å². The summed E-state index contributed by atoms with van der Waals surface area (Å²) in [5.41, 5.74) is 3.68. The summed E-state index contributed by atoms with van der Waals surface area (Å²) in [5, 5.41) is 10.1. The zero-order valence-electron chi connectivity index (χ0n) is 13.5. The highest BCUT2D eigenvalue weighted by Gasteiger charge is 2.18. The number of carbonyl (C=O) groups is 1. The lowest BCUT2D eigenvalue weighted by Gasteiger charge is -2.12. The molecular weight excluding hydrogens is 359 g/mol. The molecule has 6 heteroatoms. The average Bonchev–Trinajstić information content (AvgIpc) is 2.92. The number of carbonyl (C=O) groups excluding carboxylic acids is 1.